The van der Waals surface area contributed by atoms with Crippen molar-refractivity contribution in [2.45, 2.75) is 25.7 Å². The van der Waals surface area contributed by atoms with Gasteiger partial charge in [0.25, 0.3) is 0 Å². The molecule has 3 nitrogen and oxygen atoms in total. The molecule has 0 unspecified atom stereocenters. The lowest BCUT2D eigenvalue weighted by molar-refractivity contribution is -0.668. The monoisotopic (exact) mass is 169 g/mol. The van der Waals surface area contributed by atoms with Crippen LogP contribution in [0.1, 0.15) is 25.7 Å². The van der Waals surface area contributed by atoms with Gasteiger partial charge in [-0.3, -0.25) is 4.79 Å². The van der Waals surface area contributed by atoms with E-state index >= 15 is 0 Å². The van der Waals surface area contributed by atoms with Crippen LogP contribution in [0.4, 0.5) is 0 Å². The largest absolute Gasteiger partial charge is 0.356 e. The minimum Gasteiger partial charge on any atom is -0.356 e. The molecule has 0 radical (unpaired) electrons. The van der Waals surface area contributed by atoms with E-state index in [2.05, 4.69) is 10.6 Å². The number of quaternary nitrogens is 1. The van der Waals surface area contributed by atoms with Gasteiger partial charge in [0, 0.05) is 25.8 Å². The summed E-state index contributed by atoms with van der Waals surface area (Å²) < 4.78 is 0. The highest BCUT2D eigenvalue weighted by Crippen LogP contribution is 2.36. The first kappa shape index (κ1) is 8.05. The highest BCUT2D eigenvalue weighted by Gasteiger charge is 2.37. The van der Waals surface area contributed by atoms with Gasteiger partial charge in [0.15, 0.2) is 0 Å². The summed E-state index contributed by atoms with van der Waals surface area (Å²) in [6.07, 6.45) is 4.45. The zero-order chi connectivity index (χ0) is 8.44. The number of nitrogens with two attached hydrogens (primary N) is 1. The zero-order valence-electron chi connectivity index (χ0n) is 7.44. The second kappa shape index (κ2) is 3.05. The van der Waals surface area contributed by atoms with Gasteiger partial charge in [0.2, 0.25) is 5.91 Å². The van der Waals surface area contributed by atoms with Crippen molar-refractivity contribution in [2.75, 3.05) is 19.6 Å². The third-order valence-corrected chi connectivity index (χ3v) is 3.27. The molecule has 1 amide bonds. The Kier molecular flexibility index (Phi) is 2.05. The van der Waals surface area contributed by atoms with Gasteiger partial charge in [-0.15, -0.1) is 0 Å². The van der Waals surface area contributed by atoms with E-state index in [1.807, 2.05) is 0 Å². The SMILES string of the molecule is O=C1CC2(CCN1)CC[NH2+]CC2. The van der Waals surface area contributed by atoms with E-state index < -0.39 is 0 Å². The summed E-state index contributed by atoms with van der Waals surface area (Å²) in [4.78, 5) is 11.2. The van der Waals surface area contributed by atoms with Gasteiger partial charge in [-0.25, -0.2) is 0 Å². The number of hydrogen-bond donors (Lipinski definition) is 2. The van der Waals surface area contributed by atoms with Crippen LogP contribution in [0.3, 0.4) is 0 Å². The maximum atomic E-state index is 11.2. The molecule has 2 aliphatic rings. The van der Waals surface area contributed by atoms with Gasteiger partial charge in [-0.1, -0.05) is 0 Å². The number of carbonyl (C=O) groups is 1. The molecule has 0 saturated carbocycles. The van der Waals surface area contributed by atoms with Gasteiger partial charge in [0.05, 0.1) is 13.1 Å². The third-order valence-electron chi connectivity index (χ3n) is 3.27. The molecule has 2 aliphatic heterocycles. The molecule has 12 heavy (non-hydrogen) atoms. The smallest absolute Gasteiger partial charge is 0.220 e. The molecule has 0 aromatic rings. The van der Waals surface area contributed by atoms with Crippen molar-refractivity contribution in [1.29, 1.82) is 0 Å². The Bertz CT molecular complexity index is 179. The van der Waals surface area contributed by atoms with Crippen LogP contribution >= 0.6 is 0 Å². The van der Waals surface area contributed by atoms with Gasteiger partial charge in [-0.05, 0) is 11.8 Å². The van der Waals surface area contributed by atoms with Crippen molar-refractivity contribution in [3.8, 4) is 0 Å². The molecule has 2 saturated heterocycles. The van der Waals surface area contributed by atoms with Crippen molar-refractivity contribution >= 4 is 5.91 Å². The van der Waals surface area contributed by atoms with E-state index in [1.165, 1.54) is 32.4 Å². The molecule has 68 valence electrons. The molecule has 0 aliphatic carbocycles. The van der Waals surface area contributed by atoms with E-state index in [9.17, 15) is 4.79 Å². The fourth-order valence-electron chi connectivity index (χ4n) is 2.47. The Morgan fingerprint density at radius 1 is 1.25 bits per heavy atom. The molecule has 0 aromatic heterocycles. The average molecular weight is 169 g/mol. The normalized spacial score (nSPS) is 28.5. The van der Waals surface area contributed by atoms with Crippen LogP contribution in [0.15, 0.2) is 0 Å². The van der Waals surface area contributed by atoms with Crippen LogP contribution in [-0.4, -0.2) is 25.5 Å². The average Bonchev–Trinajstić information content (AvgIpc) is 2.05. The first-order valence-electron chi connectivity index (χ1n) is 4.89. The van der Waals surface area contributed by atoms with Crippen LogP contribution in [0.5, 0.6) is 0 Å². The number of nitrogens with one attached hydrogen (secondary N) is 1. The fraction of sp³-hybridized carbons (Fsp3) is 0.889. The first-order chi connectivity index (χ1) is 5.81. The maximum absolute atomic E-state index is 11.2. The van der Waals surface area contributed by atoms with E-state index in [0.717, 1.165) is 13.0 Å². The van der Waals surface area contributed by atoms with Gasteiger partial charge in [-0.2, -0.15) is 0 Å². The van der Waals surface area contributed by atoms with Crippen LogP contribution in [0.25, 0.3) is 0 Å². The predicted molar refractivity (Wildman–Crippen MR) is 45.6 cm³/mol. The summed E-state index contributed by atoms with van der Waals surface area (Å²) in [5, 5.41) is 5.26. The molecule has 3 heteroatoms. The van der Waals surface area contributed by atoms with Gasteiger partial charge in [0.1, 0.15) is 0 Å². The molecular formula is C9H17N2O+. The summed E-state index contributed by atoms with van der Waals surface area (Å²) in [5.41, 5.74) is 0.386. The van der Waals surface area contributed by atoms with Crippen LogP contribution in [0.2, 0.25) is 0 Å². The molecule has 2 rings (SSSR count). The van der Waals surface area contributed by atoms with E-state index in [0.29, 0.717) is 5.41 Å². The van der Waals surface area contributed by atoms with E-state index in [4.69, 9.17) is 0 Å². The topological polar surface area (TPSA) is 45.7 Å². The third kappa shape index (κ3) is 1.46. The van der Waals surface area contributed by atoms with Gasteiger partial charge < -0.3 is 10.6 Å². The molecule has 1 spiro atoms. The lowest BCUT2D eigenvalue weighted by atomic mass is 9.72. The molecule has 0 bridgehead atoms. The summed E-state index contributed by atoms with van der Waals surface area (Å²) in [6, 6.07) is 0. The second-order valence-electron chi connectivity index (χ2n) is 4.14. The lowest BCUT2D eigenvalue weighted by Gasteiger charge is -2.38. The van der Waals surface area contributed by atoms with Crippen molar-refractivity contribution in [1.82, 2.24) is 5.32 Å². The maximum Gasteiger partial charge on any atom is 0.220 e. The minimum absolute atomic E-state index is 0.267. The standard InChI is InChI=1S/C9H16N2O/c12-8-7-9(3-6-11-8)1-4-10-5-2-9/h10H,1-7H2,(H,11,12)/p+1. The van der Waals surface area contributed by atoms with Crippen molar-refractivity contribution in [2.24, 2.45) is 5.41 Å². The molecule has 2 fully saturated rings. The Labute approximate surface area is 72.9 Å². The van der Waals surface area contributed by atoms with Crippen LogP contribution in [0, 0.1) is 5.41 Å². The summed E-state index contributed by atoms with van der Waals surface area (Å²) in [6.45, 7) is 3.33. The molecular weight excluding hydrogens is 152 g/mol. The van der Waals surface area contributed by atoms with Crippen LogP contribution < -0.4 is 10.6 Å². The summed E-state index contributed by atoms with van der Waals surface area (Å²) in [5.74, 6) is 0.267. The Hall–Kier alpha value is -0.570. The van der Waals surface area contributed by atoms with Crippen LogP contribution in [-0.2, 0) is 4.79 Å². The van der Waals surface area contributed by atoms with Crippen molar-refractivity contribution in [3.63, 3.8) is 0 Å². The quantitative estimate of drug-likeness (QED) is 0.492. The first-order valence-corrected chi connectivity index (χ1v) is 4.89. The Morgan fingerprint density at radius 2 is 2.00 bits per heavy atom. The lowest BCUT2D eigenvalue weighted by Crippen LogP contribution is -2.87. The zero-order valence-corrected chi connectivity index (χ0v) is 7.44. The number of hydrogen-bond acceptors (Lipinski definition) is 1. The van der Waals surface area contributed by atoms with E-state index in [1.54, 1.807) is 0 Å². The number of piperidine rings is 2. The highest BCUT2D eigenvalue weighted by atomic mass is 16.1. The Balaban J connectivity index is 2.02. The van der Waals surface area contributed by atoms with E-state index in [-0.39, 0.29) is 5.91 Å². The Morgan fingerprint density at radius 3 is 2.67 bits per heavy atom. The van der Waals surface area contributed by atoms with Gasteiger partial charge >= 0.3 is 0 Å². The predicted octanol–water partition coefficient (Wildman–Crippen LogP) is -0.760. The minimum atomic E-state index is 0.267. The fourth-order valence-corrected chi connectivity index (χ4v) is 2.47. The second-order valence-corrected chi connectivity index (χ2v) is 4.14. The number of carbonyl (C=O) groups excluding carboxylic acids is 1. The molecule has 3 N–H and O–H groups in total. The molecule has 0 aromatic carbocycles. The number of amides is 1. The van der Waals surface area contributed by atoms with Crippen molar-refractivity contribution < 1.29 is 10.1 Å². The summed E-state index contributed by atoms with van der Waals surface area (Å²) >= 11 is 0. The summed E-state index contributed by atoms with van der Waals surface area (Å²) in [7, 11) is 0. The number of rotatable bonds is 0. The highest BCUT2D eigenvalue weighted by molar-refractivity contribution is 5.77. The van der Waals surface area contributed by atoms with Crippen molar-refractivity contribution in [3.05, 3.63) is 0 Å². The molecule has 0 atom stereocenters. The molecule has 2 heterocycles.